The van der Waals surface area contributed by atoms with Crippen molar-refractivity contribution < 1.29 is 19.1 Å². The molecule has 9 heteroatoms. The Labute approximate surface area is 216 Å². The summed E-state index contributed by atoms with van der Waals surface area (Å²) in [5, 5.41) is 6.77. The average molecular weight is 504 g/mol. The van der Waals surface area contributed by atoms with Crippen LogP contribution in [-0.2, 0) is 16.8 Å². The molecule has 6 atom stereocenters. The molecule has 2 aliphatic carbocycles. The van der Waals surface area contributed by atoms with E-state index in [0.29, 0.717) is 35.9 Å². The van der Waals surface area contributed by atoms with E-state index >= 15 is 0 Å². The minimum absolute atomic E-state index is 0.0359. The van der Waals surface area contributed by atoms with Crippen LogP contribution in [-0.4, -0.2) is 50.2 Å². The highest BCUT2D eigenvalue weighted by Gasteiger charge is 2.67. The fourth-order valence-corrected chi connectivity index (χ4v) is 7.53. The summed E-state index contributed by atoms with van der Waals surface area (Å²) in [6, 6.07) is 10.1. The molecule has 3 aliphatic heterocycles. The minimum Gasteiger partial charge on any atom is -0.497 e. The Bertz CT molecular complexity index is 1310. The number of anilines is 2. The van der Waals surface area contributed by atoms with Crippen molar-refractivity contribution in [1.82, 2.24) is 15.8 Å². The zero-order valence-electron chi connectivity index (χ0n) is 21.4. The van der Waals surface area contributed by atoms with Gasteiger partial charge in [0.05, 0.1) is 38.0 Å². The smallest absolute Gasteiger partial charge is 0.254 e. The normalized spacial score (nSPS) is 33.2. The highest BCUT2D eigenvalue weighted by atomic mass is 16.5. The largest absolute Gasteiger partial charge is 0.497 e. The molecule has 2 aromatic rings. The second-order valence-corrected chi connectivity index (χ2v) is 11.2. The highest BCUT2D eigenvalue weighted by molar-refractivity contribution is 6.09. The molecule has 2 amide bonds. The fourth-order valence-electron chi connectivity index (χ4n) is 7.53. The van der Waals surface area contributed by atoms with Gasteiger partial charge in [-0.1, -0.05) is 0 Å². The van der Waals surface area contributed by atoms with Gasteiger partial charge in [0, 0.05) is 35.8 Å². The maximum atomic E-state index is 13.1. The van der Waals surface area contributed by atoms with Gasteiger partial charge in [0.2, 0.25) is 5.91 Å². The standard InChI is InChI=1S/C28H33N5O4/c1-33-13-18-16(26(33)34)7-9-22(24(18)37-3)29-25-17-6-4-14(10-23(17)31-32-25)20-12-28(20)19-11-15(36-2)5-8-21(19)30-27(28)35/h5,7-9,11,14,17,20,23,25,29,31-32H,4,6,10,12-13H2,1-3H3,(H,30,35)/t14?,17?,20-,23?,25?,28-/m0/s1. The predicted molar refractivity (Wildman–Crippen MR) is 139 cm³/mol. The Morgan fingerprint density at radius 3 is 2.76 bits per heavy atom. The lowest BCUT2D eigenvalue weighted by atomic mass is 9.74. The first-order valence-corrected chi connectivity index (χ1v) is 13.2. The summed E-state index contributed by atoms with van der Waals surface area (Å²) in [6.07, 6.45) is 4.18. The van der Waals surface area contributed by atoms with Crippen LogP contribution in [0.5, 0.6) is 11.5 Å². The molecule has 4 N–H and O–H groups in total. The van der Waals surface area contributed by atoms with E-state index in [2.05, 4.69) is 21.5 Å². The second-order valence-electron chi connectivity index (χ2n) is 11.2. The molecule has 0 bridgehead atoms. The SMILES string of the molecule is COc1ccc2c(c1)[C@]1(C[C@H]1C1CCC3C(C1)NNC3Nc1ccc3c(c1OC)CN(C)C3=O)C(=O)N2. The van der Waals surface area contributed by atoms with Crippen LogP contribution in [0.2, 0.25) is 0 Å². The molecule has 2 saturated carbocycles. The van der Waals surface area contributed by atoms with Crippen molar-refractivity contribution in [3.63, 3.8) is 0 Å². The van der Waals surface area contributed by atoms with Gasteiger partial charge < -0.3 is 25.0 Å². The summed E-state index contributed by atoms with van der Waals surface area (Å²) in [6.45, 7) is 0.558. The molecule has 1 spiro atoms. The molecule has 2 aromatic carbocycles. The highest BCUT2D eigenvalue weighted by Crippen LogP contribution is 2.65. The van der Waals surface area contributed by atoms with Crippen LogP contribution in [0, 0.1) is 17.8 Å². The second kappa shape index (κ2) is 8.10. The number of nitrogens with zero attached hydrogens (tertiary/aromatic N) is 1. The lowest BCUT2D eigenvalue weighted by Gasteiger charge is -2.34. The summed E-state index contributed by atoms with van der Waals surface area (Å²) in [5.41, 5.74) is 11.2. The van der Waals surface area contributed by atoms with Crippen molar-refractivity contribution in [2.45, 2.75) is 49.9 Å². The van der Waals surface area contributed by atoms with E-state index in [0.717, 1.165) is 59.7 Å². The number of amides is 2. The van der Waals surface area contributed by atoms with E-state index in [-0.39, 0.29) is 18.0 Å². The number of fused-ring (bicyclic) bond motifs is 4. The van der Waals surface area contributed by atoms with Gasteiger partial charge >= 0.3 is 0 Å². The zero-order chi connectivity index (χ0) is 25.5. The molecule has 1 saturated heterocycles. The molecule has 7 rings (SSSR count). The number of hydrogen-bond acceptors (Lipinski definition) is 7. The van der Waals surface area contributed by atoms with E-state index in [1.54, 1.807) is 19.1 Å². The van der Waals surface area contributed by atoms with Crippen LogP contribution in [0.15, 0.2) is 30.3 Å². The Kier molecular flexibility index (Phi) is 5.00. The van der Waals surface area contributed by atoms with E-state index in [1.807, 2.05) is 37.4 Å². The van der Waals surface area contributed by atoms with Crippen LogP contribution >= 0.6 is 0 Å². The van der Waals surface area contributed by atoms with Crippen molar-refractivity contribution in [2.75, 3.05) is 31.9 Å². The summed E-state index contributed by atoms with van der Waals surface area (Å²) in [4.78, 5) is 27.2. The van der Waals surface area contributed by atoms with Gasteiger partial charge in [-0.3, -0.25) is 15.0 Å². The lowest BCUT2D eigenvalue weighted by molar-refractivity contribution is -0.118. The first kappa shape index (κ1) is 22.9. The van der Waals surface area contributed by atoms with Gasteiger partial charge in [-0.25, -0.2) is 5.43 Å². The molecular formula is C28H33N5O4. The molecule has 3 heterocycles. The third-order valence-corrected chi connectivity index (χ3v) is 9.49. The summed E-state index contributed by atoms with van der Waals surface area (Å²) in [7, 11) is 5.15. The van der Waals surface area contributed by atoms with Gasteiger partial charge in [-0.05, 0) is 73.4 Å². The minimum atomic E-state index is -0.395. The number of nitrogens with one attached hydrogen (secondary N) is 4. The molecular weight excluding hydrogens is 470 g/mol. The topological polar surface area (TPSA) is 104 Å². The summed E-state index contributed by atoms with van der Waals surface area (Å²) >= 11 is 0. The number of methoxy groups -OCH3 is 2. The molecule has 4 unspecified atom stereocenters. The Hall–Kier alpha value is -3.30. The molecule has 3 fully saturated rings. The monoisotopic (exact) mass is 503 g/mol. The first-order valence-electron chi connectivity index (χ1n) is 13.2. The molecule has 194 valence electrons. The van der Waals surface area contributed by atoms with E-state index in [4.69, 9.17) is 9.47 Å². The first-order chi connectivity index (χ1) is 17.9. The molecule has 9 nitrogen and oxygen atoms in total. The summed E-state index contributed by atoms with van der Waals surface area (Å²) in [5.74, 6) is 3.00. The van der Waals surface area contributed by atoms with E-state index in [9.17, 15) is 9.59 Å². The molecule has 0 aromatic heterocycles. The third-order valence-electron chi connectivity index (χ3n) is 9.49. The maximum Gasteiger partial charge on any atom is 0.254 e. The van der Waals surface area contributed by atoms with Gasteiger partial charge in [0.1, 0.15) is 11.5 Å². The Morgan fingerprint density at radius 2 is 1.95 bits per heavy atom. The molecule has 0 radical (unpaired) electrons. The van der Waals surface area contributed by atoms with Gasteiger partial charge in [-0.2, -0.15) is 0 Å². The van der Waals surface area contributed by atoms with Crippen molar-refractivity contribution in [2.24, 2.45) is 17.8 Å². The van der Waals surface area contributed by atoms with Crippen molar-refractivity contribution in [3.8, 4) is 11.5 Å². The van der Waals surface area contributed by atoms with Crippen molar-refractivity contribution >= 4 is 23.2 Å². The number of benzene rings is 2. The number of hydrazine groups is 1. The van der Waals surface area contributed by atoms with Crippen LogP contribution < -0.4 is 31.0 Å². The Morgan fingerprint density at radius 1 is 1.08 bits per heavy atom. The third kappa shape index (κ3) is 3.23. The predicted octanol–water partition coefficient (Wildman–Crippen LogP) is 2.83. The van der Waals surface area contributed by atoms with Crippen molar-refractivity contribution in [1.29, 1.82) is 0 Å². The van der Waals surface area contributed by atoms with Gasteiger partial charge in [-0.15, -0.1) is 0 Å². The van der Waals surface area contributed by atoms with Crippen LogP contribution in [0.4, 0.5) is 11.4 Å². The van der Waals surface area contributed by atoms with Crippen molar-refractivity contribution in [3.05, 3.63) is 47.0 Å². The number of ether oxygens (including phenoxy) is 2. The quantitative estimate of drug-likeness (QED) is 0.498. The number of rotatable bonds is 5. The van der Waals surface area contributed by atoms with Gasteiger partial charge in [0.25, 0.3) is 5.91 Å². The van der Waals surface area contributed by atoms with Crippen LogP contribution in [0.1, 0.15) is 47.2 Å². The van der Waals surface area contributed by atoms with Gasteiger partial charge in [0.15, 0.2) is 0 Å². The molecule has 37 heavy (non-hydrogen) atoms. The van der Waals surface area contributed by atoms with Crippen LogP contribution in [0.25, 0.3) is 0 Å². The maximum absolute atomic E-state index is 13.1. The van der Waals surface area contributed by atoms with E-state index in [1.165, 1.54) is 0 Å². The fraction of sp³-hybridized carbons (Fsp3) is 0.500. The van der Waals surface area contributed by atoms with E-state index < -0.39 is 5.41 Å². The number of hydrogen-bond donors (Lipinski definition) is 4. The zero-order valence-corrected chi connectivity index (χ0v) is 21.4. The summed E-state index contributed by atoms with van der Waals surface area (Å²) < 4.78 is 11.2. The van der Waals surface area contributed by atoms with Crippen LogP contribution in [0.3, 0.4) is 0 Å². The average Bonchev–Trinajstić information content (AvgIpc) is 3.33. The number of carbonyl (C=O) groups is 2. The number of carbonyl (C=O) groups excluding carboxylic acids is 2. The molecule has 5 aliphatic rings. The lowest BCUT2D eigenvalue weighted by Crippen LogP contribution is -2.39. The Balaban J connectivity index is 1.06.